The van der Waals surface area contributed by atoms with Gasteiger partial charge >= 0.3 is 5.97 Å². The van der Waals surface area contributed by atoms with Gasteiger partial charge in [-0.3, -0.25) is 4.98 Å². The fraction of sp³-hybridized carbons (Fsp3) is 0.0714. The van der Waals surface area contributed by atoms with E-state index in [1.165, 1.54) is 18.2 Å². The van der Waals surface area contributed by atoms with Crippen LogP contribution in [0.5, 0.6) is 0 Å². The molecule has 0 aliphatic rings. The van der Waals surface area contributed by atoms with Crippen LogP contribution in [-0.2, 0) is 4.84 Å². The third-order valence-corrected chi connectivity index (χ3v) is 3.26. The van der Waals surface area contributed by atoms with Crippen molar-refractivity contribution in [3.8, 4) is 0 Å². The van der Waals surface area contributed by atoms with Gasteiger partial charge in [0, 0.05) is 18.0 Å². The molecular formula is C14H10Cl2N2O2. The second-order valence-corrected chi connectivity index (χ2v) is 4.73. The lowest BCUT2D eigenvalue weighted by atomic mass is 10.2. The van der Waals surface area contributed by atoms with Gasteiger partial charge in [0.05, 0.1) is 21.3 Å². The minimum atomic E-state index is -0.600. The van der Waals surface area contributed by atoms with Crippen LogP contribution >= 0.6 is 23.2 Å². The average Bonchev–Trinajstić information content (AvgIpc) is 2.48. The van der Waals surface area contributed by atoms with Crippen LogP contribution in [-0.4, -0.2) is 16.7 Å². The van der Waals surface area contributed by atoms with Crippen LogP contribution in [0.15, 0.2) is 47.9 Å². The summed E-state index contributed by atoms with van der Waals surface area (Å²) in [6, 6.07) is 8.02. The van der Waals surface area contributed by atoms with Crippen LogP contribution < -0.4 is 0 Å². The molecule has 0 radical (unpaired) electrons. The van der Waals surface area contributed by atoms with Crippen LogP contribution in [0.2, 0.25) is 10.0 Å². The van der Waals surface area contributed by atoms with Gasteiger partial charge in [0.1, 0.15) is 0 Å². The molecule has 20 heavy (non-hydrogen) atoms. The maximum Gasteiger partial charge on any atom is 0.365 e. The number of aromatic nitrogens is 1. The van der Waals surface area contributed by atoms with E-state index in [0.717, 1.165) is 5.56 Å². The number of carbonyl (C=O) groups is 1. The highest BCUT2D eigenvalue weighted by Gasteiger charge is 2.10. The van der Waals surface area contributed by atoms with Crippen molar-refractivity contribution >= 4 is 34.9 Å². The molecule has 0 fully saturated rings. The number of hydrogen-bond acceptors (Lipinski definition) is 4. The van der Waals surface area contributed by atoms with Gasteiger partial charge in [-0.15, -0.1) is 0 Å². The fourth-order valence-corrected chi connectivity index (χ4v) is 1.73. The number of benzene rings is 1. The van der Waals surface area contributed by atoms with Crippen molar-refractivity contribution in [1.82, 2.24) is 4.98 Å². The van der Waals surface area contributed by atoms with Crippen LogP contribution in [0.25, 0.3) is 0 Å². The van der Waals surface area contributed by atoms with Crippen LogP contribution in [0, 0.1) is 0 Å². The van der Waals surface area contributed by atoms with E-state index in [-0.39, 0.29) is 10.6 Å². The first kappa shape index (κ1) is 14.5. The van der Waals surface area contributed by atoms with Crippen molar-refractivity contribution in [3.63, 3.8) is 0 Å². The van der Waals surface area contributed by atoms with Crippen molar-refractivity contribution in [3.05, 3.63) is 63.9 Å². The maximum absolute atomic E-state index is 11.8. The number of rotatable bonds is 3. The molecule has 2 rings (SSSR count). The zero-order chi connectivity index (χ0) is 14.5. The quantitative estimate of drug-likeness (QED) is 0.490. The molecule has 0 amide bonds. The van der Waals surface area contributed by atoms with Gasteiger partial charge in [-0.25, -0.2) is 4.79 Å². The van der Waals surface area contributed by atoms with Crippen LogP contribution in [0.1, 0.15) is 22.8 Å². The summed E-state index contributed by atoms with van der Waals surface area (Å²) in [4.78, 5) is 20.6. The first-order valence-corrected chi connectivity index (χ1v) is 6.45. The number of hydrogen-bond donors (Lipinski definition) is 0. The van der Waals surface area contributed by atoms with Crippen molar-refractivity contribution in [2.75, 3.05) is 0 Å². The Kier molecular flexibility index (Phi) is 4.71. The molecule has 0 saturated carbocycles. The number of carbonyl (C=O) groups excluding carboxylic acids is 1. The fourth-order valence-electron chi connectivity index (χ4n) is 1.43. The Morgan fingerprint density at radius 2 is 1.80 bits per heavy atom. The first-order valence-electron chi connectivity index (χ1n) is 5.69. The van der Waals surface area contributed by atoms with E-state index in [0.29, 0.717) is 10.7 Å². The highest BCUT2D eigenvalue weighted by atomic mass is 35.5. The van der Waals surface area contributed by atoms with Gasteiger partial charge in [-0.1, -0.05) is 28.4 Å². The smallest absolute Gasteiger partial charge is 0.313 e. The predicted octanol–water partition coefficient (Wildman–Crippen LogP) is 3.97. The van der Waals surface area contributed by atoms with Crippen molar-refractivity contribution in [1.29, 1.82) is 0 Å². The highest BCUT2D eigenvalue weighted by Crippen LogP contribution is 2.22. The van der Waals surface area contributed by atoms with Gasteiger partial charge in [-0.2, -0.15) is 0 Å². The Morgan fingerprint density at radius 1 is 1.10 bits per heavy atom. The summed E-state index contributed by atoms with van der Waals surface area (Å²) in [5, 5.41) is 4.45. The molecule has 0 aliphatic heterocycles. The number of oxime groups is 1. The Hall–Kier alpha value is -1.91. The molecule has 0 unspecified atom stereocenters. The van der Waals surface area contributed by atoms with E-state index in [2.05, 4.69) is 10.1 Å². The summed E-state index contributed by atoms with van der Waals surface area (Å²) in [5.74, 6) is -0.600. The van der Waals surface area contributed by atoms with Crippen molar-refractivity contribution < 1.29 is 9.63 Å². The van der Waals surface area contributed by atoms with E-state index in [4.69, 9.17) is 28.0 Å². The maximum atomic E-state index is 11.8. The third-order valence-electron chi connectivity index (χ3n) is 2.52. The second kappa shape index (κ2) is 6.50. The first-order chi connectivity index (χ1) is 9.58. The summed E-state index contributed by atoms with van der Waals surface area (Å²) in [6.07, 6.45) is 3.27. The van der Waals surface area contributed by atoms with Gasteiger partial charge in [0.2, 0.25) is 0 Å². The predicted molar refractivity (Wildman–Crippen MR) is 78.3 cm³/mol. The minimum Gasteiger partial charge on any atom is -0.313 e. The molecular weight excluding hydrogens is 299 g/mol. The van der Waals surface area contributed by atoms with Crippen LogP contribution in [0.3, 0.4) is 0 Å². The zero-order valence-corrected chi connectivity index (χ0v) is 12.0. The molecule has 4 nitrogen and oxygen atoms in total. The zero-order valence-electron chi connectivity index (χ0n) is 10.5. The Morgan fingerprint density at radius 3 is 2.45 bits per heavy atom. The van der Waals surface area contributed by atoms with Gasteiger partial charge in [0.25, 0.3) is 0 Å². The highest BCUT2D eigenvalue weighted by molar-refractivity contribution is 6.42. The monoisotopic (exact) mass is 308 g/mol. The SMILES string of the molecule is C/C(=N\OC(=O)c1ccc(Cl)c(Cl)c1)c1ccncc1. The summed E-state index contributed by atoms with van der Waals surface area (Å²) >= 11 is 11.6. The minimum absolute atomic E-state index is 0.283. The lowest BCUT2D eigenvalue weighted by molar-refractivity contribution is 0.0516. The third kappa shape index (κ3) is 3.56. The second-order valence-electron chi connectivity index (χ2n) is 3.92. The number of halogens is 2. The molecule has 1 aromatic heterocycles. The molecule has 2 aromatic rings. The van der Waals surface area contributed by atoms with E-state index < -0.39 is 5.97 Å². The normalized spacial score (nSPS) is 11.2. The van der Waals surface area contributed by atoms with Crippen LogP contribution in [0.4, 0.5) is 0 Å². The summed E-state index contributed by atoms with van der Waals surface area (Å²) in [5.41, 5.74) is 1.67. The summed E-state index contributed by atoms with van der Waals surface area (Å²) in [6.45, 7) is 1.73. The molecule has 1 aromatic carbocycles. The Bertz CT molecular complexity index is 657. The molecule has 6 heteroatoms. The molecule has 0 spiro atoms. The molecule has 0 saturated heterocycles. The average molecular weight is 309 g/mol. The molecule has 0 N–H and O–H groups in total. The molecule has 0 aliphatic carbocycles. The topological polar surface area (TPSA) is 51.5 Å². The lowest BCUT2D eigenvalue weighted by Crippen LogP contribution is -2.04. The van der Waals surface area contributed by atoms with Crippen molar-refractivity contribution in [2.45, 2.75) is 6.92 Å². The van der Waals surface area contributed by atoms with Gasteiger partial charge in [-0.05, 0) is 37.3 Å². The largest absolute Gasteiger partial charge is 0.365 e. The molecule has 102 valence electrons. The van der Waals surface area contributed by atoms with E-state index in [1.807, 2.05) is 0 Å². The molecule has 0 atom stereocenters. The van der Waals surface area contributed by atoms with E-state index >= 15 is 0 Å². The summed E-state index contributed by atoms with van der Waals surface area (Å²) < 4.78 is 0. The molecule has 0 bridgehead atoms. The molecule has 1 heterocycles. The van der Waals surface area contributed by atoms with E-state index in [9.17, 15) is 4.79 Å². The van der Waals surface area contributed by atoms with Gasteiger partial charge < -0.3 is 4.84 Å². The van der Waals surface area contributed by atoms with Gasteiger partial charge in [0.15, 0.2) is 0 Å². The van der Waals surface area contributed by atoms with Crippen molar-refractivity contribution in [2.24, 2.45) is 5.16 Å². The Balaban J connectivity index is 2.10. The number of pyridine rings is 1. The van der Waals surface area contributed by atoms with E-state index in [1.54, 1.807) is 31.5 Å². The standard InChI is InChI=1S/C14H10Cl2N2O2/c1-9(10-4-6-17-7-5-10)18-20-14(19)11-2-3-12(15)13(16)8-11/h2-8H,1H3/b18-9+. The Labute approximate surface area is 126 Å². The number of nitrogens with zero attached hydrogens (tertiary/aromatic N) is 2. The summed E-state index contributed by atoms with van der Waals surface area (Å²) in [7, 11) is 0. The lowest BCUT2D eigenvalue weighted by Gasteiger charge is -2.02.